The Morgan fingerprint density at radius 1 is 1.13 bits per heavy atom. The molecule has 154 valence electrons. The number of hydrogen-bond acceptors (Lipinski definition) is 6. The van der Waals surface area contributed by atoms with Crippen LogP contribution in [0.5, 0.6) is 11.5 Å². The number of hydrazone groups is 1. The van der Waals surface area contributed by atoms with Gasteiger partial charge in [-0.1, -0.05) is 19.9 Å². The van der Waals surface area contributed by atoms with Crippen molar-refractivity contribution in [1.29, 1.82) is 0 Å². The predicted molar refractivity (Wildman–Crippen MR) is 117 cm³/mol. The summed E-state index contributed by atoms with van der Waals surface area (Å²) in [5, 5.41) is 33.4. The van der Waals surface area contributed by atoms with Crippen LogP contribution in [0.25, 0.3) is 17.1 Å². The van der Waals surface area contributed by atoms with E-state index in [-0.39, 0.29) is 23.3 Å². The van der Waals surface area contributed by atoms with Crippen LogP contribution < -0.4 is 5.01 Å². The van der Waals surface area contributed by atoms with E-state index in [0.717, 1.165) is 5.71 Å². The zero-order valence-electron chi connectivity index (χ0n) is 16.7. The van der Waals surface area contributed by atoms with Gasteiger partial charge in [-0.05, 0) is 54.9 Å². The fourth-order valence-electron chi connectivity index (χ4n) is 3.47. The molecule has 1 amide bonds. The topological polar surface area (TPSA) is 107 Å². The molecule has 1 aromatic heterocycles. The Balaban J connectivity index is 1.86. The third-order valence-electron chi connectivity index (χ3n) is 4.93. The molecule has 1 aliphatic rings. The molecule has 3 aromatic rings. The number of nitrogens with zero attached hydrogens (tertiary/aromatic N) is 4. The van der Waals surface area contributed by atoms with E-state index in [4.69, 9.17) is 12.2 Å². The minimum atomic E-state index is -0.113. The van der Waals surface area contributed by atoms with Gasteiger partial charge in [0, 0.05) is 11.8 Å². The number of rotatable bonds is 4. The molecule has 3 N–H and O–H groups in total. The molecular formula is C21H21N5O3S. The summed E-state index contributed by atoms with van der Waals surface area (Å²) < 4.78 is 2.00. The number of H-pyrrole nitrogens is 1. The second kappa shape index (κ2) is 7.42. The molecule has 0 unspecified atom stereocenters. The first kappa shape index (κ1) is 19.8. The zero-order chi connectivity index (χ0) is 21.6. The van der Waals surface area contributed by atoms with Crippen molar-refractivity contribution in [2.24, 2.45) is 5.10 Å². The van der Waals surface area contributed by atoms with E-state index >= 15 is 0 Å². The Morgan fingerprint density at radius 3 is 2.53 bits per heavy atom. The van der Waals surface area contributed by atoms with Crippen LogP contribution in [0, 0.1) is 4.77 Å². The van der Waals surface area contributed by atoms with Crippen LogP contribution in [0.4, 0.5) is 5.69 Å². The fraction of sp³-hybridized carbons (Fsp3) is 0.238. The second-order valence-corrected chi connectivity index (χ2v) is 7.89. The van der Waals surface area contributed by atoms with Gasteiger partial charge in [0.25, 0.3) is 5.91 Å². The van der Waals surface area contributed by atoms with Gasteiger partial charge in [-0.25, -0.2) is 5.01 Å². The molecule has 4 rings (SSSR count). The van der Waals surface area contributed by atoms with Crippen LogP contribution in [0.1, 0.15) is 38.7 Å². The van der Waals surface area contributed by atoms with Gasteiger partial charge >= 0.3 is 0 Å². The number of nitrogens with one attached hydrogen (secondary N) is 1. The third kappa shape index (κ3) is 3.37. The molecule has 0 atom stereocenters. The van der Waals surface area contributed by atoms with Gasteiger partial charge in [0.05, 0.1) is 23.4 Å². The molecule has 1 aliphatic heterocycles. The summed E-state index contributed by atoms with van der Waals surface area (Å²) in [6.45, 7) is 5.71. The number of hydrogen-bond donors (Lipinski definition) is 3. The summed E-state index contributed by atoms with van der Waals surface area (Å²) in [4.78, 5) is 12.2. The van der Waals surface area contributed by atoms with Crippen molar-refractivity contribution in [3.05, 3.63) is 46.7 Å². The van der Waals surface area contributed by atoms with E-state index in [2.05, 4.69) is 15.3 Å². The molecule has 2 aromatic carbocycles. The molecule has 0 radical (unpaired) electrons. The summed E-state index contributed by atoms with van der Waals surface area (Å²) >= 11 is 5.43. The van der Waals surface area contributed by atoms with Crippen molar-refractivity contribution in [1.82, 2.24) is 14.8 Å². The van der Waals surface area contributed by atoms with E-state index < -0.39 is 0 Å². The number of benzene rings is 2. The summed E-state index contributed by atoms with van der Waals surface area (Å²) in [5.74, 6) is 0.251. The lowest BCUT2D eigenvalue weighted by Gasteiger charge is -2.15. The van der Waals surface area contributed by atoms with E-state index in [1.54, 1.807) is 28.8 Å². The Morgan fingerprint density at radius 2 is 1.87 bits per heavy atom. The van der Waals surface area contributed by atoms with E-state index in [1.165, 1.54) is 11.1 Å². The van der Waals surface area contributed by atoms with Crippen molar-refractivity contribution in [3.63, 3.8) is 0 Å². The van der Waals surface area contributed by atoms with Crippen LogP contribution in [-0.4, -0.2) is 36.6 Å². The van der Waals surface area contributed by atoms with E-state index in [1.807, 2.05) is 26.8 Å². The number of amides is 1. The summed E-state index contributed by atoms with van der Waals surface area (Å²) in [7, 11) is 0. The number of carbonyl (C=O) groups excluding carboxylic acids is 1. The van der Waals surface area contributed by atoms with Gasteiger partial charge in [-0.3, -0.25) is 14.5 Å². The van der Waals surface area contributed by atoms with Crippen molar-refractivity contribution in [2.45, 2.75) is 33.1 Å². The lowest BCUT2D eigenvalue weighted by Crippen LogP contribution is -2.19. The molecule has 2 heterocycles. The van der Waals surface area contributed by atoms with Crippen LogP contribution in [0.2, 0.25) is 0 Å². The molecule has 30 heavy (non-hydrogen) atoms. The monoisotopic (exact) mass is 423 g/mol. The maximum Gasteiger partial charge on any atom is 0.253 e. The van der Waals surface area contributed by atoms with Crippen LogP contribution in [0.15, 0.2) is 41.5 Å². The number of aromatic amines is 1. The molecule has 0 saturated carbocycles. The van der Waals surface area contributed by atoms with Gasteiger partial charge in [0.2, 0.25) is 0 Å². The van der Waals surface area contributed by atoms with Gasteiger partial charge in [0.1, 0.15) is 11.5 Å². The Hall–Kier alpha value is -3.46. The van der Waals surface area contributed by atoms with Crippen LogP contribution >= 0.6 is 12.2 Å². The quantitative estimate of drug-likeness (QED) is 0.544. The highest BCUT2D eigenvalue weighted by Gasteiger charge is 2.24. The minimum Gasteiger partial charge on any atom is -0.508 e. The highest BCUT2D eigenvalue weighted by Crippen LogP contribution is 2.38. The number of aromatic hydroxyl groups is 2. The number of aromatic nitrogens is 3. The normalized spacial score (nSPS) is 13.9. The molecule has 8 nitrogen and oxygen atoms in total. The molecule has 0 spiro atoms. The Kier molecular flexibility index (Phi) is 4.90. The van der Waals surface area contributed by atoms with Gasteiger partial charge in [0.15, 0.2) is 10.6 Å². The van der Waals surface area contributed by atoms with Crippen LogP contribution in [0.3, 0.4) is 0 Å². The molecule has 0 bridgehead atoms. The highest BCUT2D eigenvalue weighted by atomic mass is 32.1. The Labute approximate surface area is 178 Å². The van der Waals surface area contributed by atoms with E-state index in [9.17, 15) is 15.0 Å². The standard InChI is InChI=1S/C21H21N5O3S/c1-11(2)15-9-16(18(28)10-17(15)27)20-22-23-21(30)25(20)13-5-4-6-14(8-13)26-19(29)7-12(3)24-26/h4-6,8-11,27-28H,7H2,1-3H3,(H,23,30). The smallest absolute Gasteiger partial charge is 0.253 e. The zero-order valence-corrected chi connectivity index (χ0v) is 17.6. The molecule has 0 saturated heterocycles. The largest absolute Gasteiger partial charge is 0.508 e. The SMILES string of the molecule is CC1=NN(c2cccc(-n3c(-c4cc(C(C)C)c(O)cc4O)n[nH]c3=S)c2)C(=O)C1. The van der Waals surface area contributed by atoms with Crippen molar-refractivity contribution >= 4 is 29.5 Å². The molecule has 9 heteroatoms. The molecular weight excluding hydrogens is 402 g/mol. The fourth-order valence-corrected chi connectivity index (χ4v) is 3.71. The van der Waals surface area contributed by atoms with Crippen molar-refractivity contribution < 1.29 is 15.0 Å². The summed E-state index contributed by atoms with van der Waals surface area (Å²) in [6, 6.07) is 10.2. The van der Waals surface area contributed by atoms with Gasteiger partial charge in [-0.2, -0.15) is 10.2 Å². The third-order valence-corrected chi connectivity index (χ3v) is 5.20. The lowest BCUT2D eigenvalue weighted by molar-refractivity contribution is -0.116. The molecule has 0 aliphatic carbocycles. The van der Waals surface area contributed by atoms with Gasteiger partial charge < -0.3 is 10.2 Å². The highest BCUT2D eigenvalue weighted by molar-refractivity contribution is 7.71. The number of phenols is 2. The lowest BCUT2D eigenvalue weighted by atomic mass is 9.98. The first-order valence-electron chi connectivity index (χ1n) is 9.47. The van der Waals surface area contributed by atoms with Crippen LogP contribution in [-0.2, 0) is 4.79 Å². The number of anilines is 1. The van der Waals surface area contributed by atoms with Gasteiger partial charge in [-0.15, -0.1) is 0 Å². The van der Waals surface area contributed by atoms with E-state index in [0.29, 0.717) is 39.5 Å². The summed E-state index contributed by atoms with van der Waals surface area (Å²) in [6.07, 6.45) is 0.292. The minimum absolute atomic E-state index is 0.0229. The number of carbonyl (C=O) groups is 1. The van der Waals surface area contributed by atoms with Crippen molar-refractivity contribution in [3.8, 4) is 28.6 Å². The molecule has 0 fully saturated rings. The number of phenolic OH excluding ortho intramolecular Hbond substituents is 2. The first-order valence-corrected chi connectivity index (χ1v) is 9.88. The maximum absolute atomic E-state index is 12.2. The average molecular weight is 423 g/mol. The maximum atomic E-state index is 12.2. The van der Waals surface area contributed by atoms with Crippen molar-refractivity contribution in [2.75, 3.05) is 5.01 Å². The predicted octanol–water partition coefficient (Wildman–Crippen LogP) is 4.24. The second-order valence-electron chi connectivity index (χ2n) is 7.51. The average Bonchev–Trinajstić information content (AvgIpc) is 3.23. The Bertz CT molecular complexity index is 1240. The summed E-state index contributed by atoms with van der Waals surface area (Å²) in [5.41, 5.74) is 3.14. The first-order chi connectivity index (χ1) is 14.3.